The molecular weight excluding hydrogens is 283 g/mol. The third-order valence-corrected chi connectivity index (χ3v) is 2.98. The molecule has 110 valence electrons. The highest BCUT2D eigenvalue weighted by atomic mass is 19.4. The fourth-order valence-electron chi connectivity index (χ4n) is 1.82. The summed E-state index contributed by atoms with van der Waals surface area (Å²) in [7, 11) is 0. The van der Waals surface area contributed by atoms with Crippen LogP contribution in [0.5, 0.6) is 5.75 Å². The molecule has 1 saturated carbocycles. The summed E-state index contributed by atoms with van der Waals surface area (Å²) in [4.78, 5) is 6.73. The zero-order valence-corrected chi connectivity index (χ0v) is 10.9. The Labute approximate surface area is 118 Å². The lowest BCUT2D eigenvalue weighted by atomic mass is 10.1. The number of nitrogen functional groups attached to an aromatic ring is 1. The van der Waals surface area contributed by atoms with Crippen LogP contribution in [-0.2, 0) is 6.18 Å². The maximum absolute atomic E-state index is 12.7. The number of nitrogens with zero attached hydrogens (tertiary/aromatic N) is 2. The molecule has 7 heteroatoms. The fourth-order valence-corrected chi connectivity index (χ4v) is 1.82. The maximum atomic E-state index is 12.7. The Balaban J connectivity index is 1.90. The number of nitrogens with two attached hydrogens (primary N) is 1. The Hall–Kier alpha value is -2.31. The molecule has 1 heterocycles. The second-order valence-electron chi connectivity index (χ2n) is 4.84. The van der Waals surface area contributed by atoms with Gasteiger partial charge in [-0.1, -0.05) is 0 Å². The number of halogens is 3. The van der Waals surface area contributed by atoms with Gasteiger partial charge in [0.05, 0.1) is 11.8 Å². The quantitative estimate of drug-likeness (QED) is 0.944. The Morgan fingerprint density at radius 1 is 1.10 bits per heavy atom. The minimum absolute atomic E-state index is 0.132. The fraction of sp³-hybridized carbons (Fsp3) is 0.286. The molecule has 1 aromatic carbocycles. The van der Waals surface area contributed by atoms with Crippen molar-refractivity contribution >= 4 is 5.82 Å². The first kappa shape index (κ1) is 13.7. The molecule has 0 atom stereocenters. The summed E-state index contributed by atoms with van der Waals surface area (Å²) in [6, 6.07) is 8.03. The number of alkyl halides is 3. The summed E-state index contributed by atoms with van der Waals surface area (Å²) >= 11 is 0. The summed E-state index contributed by atoms with van der Waals surface area (Å²) in [5.41, 5.74) is 6.08. The third kappa shape index (κ3) is 3.24. The van der Waals surface area contributed by atoms with Crippen molar-refractivity contribution in [2.75, 3.05) is 5.73 Å². The van der Waals surface area contributed by atoms with E-state index in [-0.39, 0.29) is 17.6 Å². The Kier molecular flexibility index (Phi) is 3.19. The van der Waals surface area contributed by atoms with Crippen LogP contribution in [0.2, 0.25) is 0 Å². The second kappa shape index (κ2) is 4.91. The van der Waals surface area contributed by atoms with Gasteiger partial charge in [0.15, 0.2) is 0 Å². The molecule has 0 radical (unpaired) electrons. The SMILES string of the molecule is Nc1cc(-c2ccc(OC3CC3)cc2)nc(C(F)(F)F)n1. The maximum Gasteiger partial charge on any atom is 0.451 e. The van der Waals surface area contributed by atoms with Crippen molar-refractivity contribution < 1.29 is 17.9 Å². The standard InChI is InChI=1S/C14H12F3N3O/c15-14(16,17)13-19-11(7-12(18)20-13)8-1-3-9(4-2-8)21-10-5-6-10/h1-4,7,10H,5-6H2,(H2,18,19,20). The van der Waals surface area contributed by atoms with Crippen LogP contribution in [-0.4, -0.2) is 16.1 Å². The Morgan fingerprint density at radius 2 is 1.76 bits per heavy atom. The lowest BCUT2D eigenvalue weighted by Gasteiger charge is -2.09. The van der Waals surface area contributed by atoms with Crippen molar-refractivity contribution in [2.45, 2.75) is 25.1 Å². The van der Waals surface area contributed by atoms with E-state index in [2.05, 4.69) is 9.97 Å². The van der Waals surface area contributed by atoms with Crippen LogP contribution in [0.15, 0.2) is 30.3 Å². The average Bonchev–Trinajstić information content (AvgIpc) is 3.22. The topological polar surface area (TPSA) is 61.0 Å². The normalized spacial score (nSPS) is 15.0. The summed E-state index contributed by atoms with van der Waals surface area (Å²) < 4.78 is 43.6. The van der Waals surface area contributed by atoms with Gasteiger partial charge in [-0.2, -0.15) is 13.2 Å². The van der Waals surface area contributed by atoms with Crippen molar-refractivity contribution in [1.29, 1.82) is 0 Å². The first-order valence-corrected chi connectivity index (χ1v) is 6.41. The highest BCUT2D eigenvalue weighted by molar-refractivity contribution is 5.62. The number of anilines is 1. The van der Waals surface area contributed by atoms with Crippen LogP contribution >= 0.6 is 0 Å². The molecule has 1 aliphatic carbocycles. The molecule has 0 bridgehead atoms. The molecule has 0 amide bonds. The van der Waals surface area contributed by atoms with Crippen molar-refractivity contribution in [3.05, 3.63) is 36.2 Å². The zero-order valence-electron chi connectivity index (χ0n) is 10.9. The Morgan fingerprint density at radius 3 is 2.33 bits per heavy atom. The third-order valence-electron chi connectivity index (χ3n) is 2.98. The lowest BCUT2D eigenvalue weighted by Crippen LogP contribution is -2.13. The Bertz CT molecular complexity index is 652. The van der Waals surface area contributed by atoms with Crippen molar-refractivity contribution in [3.63, 3.8) is 0 Å². The van der Waals surface area contributed by atoms with Gasteiger partial charge in [-0.15, -0.1) is 0 Å². The van der Waals surface area contributed by atoms with Crippen LogP contribution in [0.25, 0.3) is 11.3 Å². The van der Waals surface area contributed by atoms with E-state index in [0.29, 0.717) is 11.3 Å². The number of aromatic nitrogens is 2. The summed E-state index contributed by atoms with van der Waals surface area (Å²) in [5.74, 6) is -0.763. The van der Waals surface area contributed by atoms with E-state index < -0.39 is 12.0 Å². The van der Waals surface area contributed by atoms with Gasteiger partial charge in [0, 0.05) is 11.6 Å². The summed E-state index contributed by atoms with van der Waals surface area (Å²) in [6.07, 6.45) is -2.28. The van der Waals surface area contributed by atoms with Gasteiger partial charge >= 0.3 is 6.18 Å². The predicted molar refractivity (Wildman–Crippen MR) is 70.5 cm³/mol. The van der Waals surface area contributed by atoms with E-state index in [1.165, 1.54) is 6.07 Å². The smallest absolute Gasteiger partial charge is 0.451 e. The molecule has 2 aromatic rings. The minimum atomic E-state index is -4.63. The average molecular weight is 295 g/mol. The molecule has 2 N–H and O–H groups in total. The van der Waals surface area contributed by atoms with Gasteiger partial charge in [-0.3, -0.25) is 0 Å². The molecule has 0 spiro atoms. The van der Waals surface area contributed by atoms with Crippen LogP contribution in [0, 0.1) is 0 Å². The van der Waals surface area contributed by atoms with Crippen LogP contribution in [0.3, 0.4) is 0 Å². The van der Waals surface area contributed by atoms with Crippen LogP contribution in [0.1, 0.15) is 18.7 Å². The van der Waals surface area contributed by atoms with E-state index >= 15 is 0 Å². The number of rotatable bonds is 3. The largest absolute Gasteiger partial charge is 0.490 e. The van der Waals surface area contributed by atoms with Gasteiger partial charge in [0.25, 0.3) is 0 Å². The molecule has 0 aliphatic heterocycles. The molecule has 0 saturated heterocycles. The van der Waals surface area contributed by atoms with Gasteiger partial charge in [-0.05, 0) is 37.1 Å². The van der Waals surface area contributed by atoms with Gasteiger partial charge in [0.1, 0.15) is 11.6 Å². The second-order valence-corrected chi connectivity index (χ2v) is 4.84. The zero-order chi connectivity index (χ0) is 15.0. The first-order valence-electron chi connectivity index (χ1n) is 6.41. The minimum Gasteiger partial charge on any atom is -0.490 e. The molecule has 1 fully saturated rings. The number of hydrogen-bond acceptors (Lipinski definition) is 4. The van der Waals surface area contributed by atoms with E-state index in [4.69, 9.17) is 10.5 Å². The molecule has 1 aliphatic rings. The molecule has 21 heavy (non-hydrogen) atoms. The summed E-state index contributed by atoms with van der Waals surface area (Å²) in [5, 5.41) is 0. The van der Waals surface area contributed by atoms with Gasteiger partial charge in [0.2, 0.25) is 5.82 Å². The van der Waals surface area contributed by atoms with E-state index in [9.17, 15) is 13.2 Å². The van der Waals surface area contributed by atoms with Crippen molar-refractivity contribution in [2.24, 2.45) is 0 Å². The van der Waals surface area contributed by atoms with Crippen LogP contribution < -0.4 is 10.5 Å². The number of benzene rings is 1. The van der Waals surface area contributed by atoms with Crippen LogP contribution in [0.4, 0.5) is 19.0 Å². The summed E-state index contributed by atoms with van der Waals surface area (Å²) in [6.45, 7) is 0. The van der Waals surface area contributed by atoms with E-state index in [1.807, 2.05) is 0 Å². The van der Waals surface area contributed by atoms with E-state index in [0.717, 1.165) is 12.8 Å². The monoisotopic (exact) mass is 295 g/mol. The molecular formula is C14H12F3N3O. The highest BCUT2D eigenvalue weighted by Crippen LogP contribution is 2.31. The molecule has 4 nitrogen and oxygen atoms in total. The number of ether oxygens (including phenoxy) is 1. The van der Waals surface area contributed by atoms with Crippen molar-refractivity contribution in [1.82, 2.24) is 9.97 Å². The predicted octanol–water partition coefficient (Wildman–Crippen LogP) is 3.29. The highest BCUT2D eigenvalue weighted by Gasteiger charge is 2.35. The molecule has 0 unspecified atom stereocenters. The van der Waals surface area contributed by atoms with Gasteiger partial charge < -0.3 is 10.5 Å². The first-order chi connectivity index (χ1) is 9.91. The van der Waals surface area contributed by atoms with Crippen molar-refractivity contribution in [3.8, 4) is 17.0 Å². The lowest BCUT2D eigenvalue weighted by molar-refractivity contribution is -0.144. The van der Waals surface area contributed by atoms with E-state index in [1.54, 1.807) is 24.3 Å². The molecule has 3 rings (SSSR count). The van der Waals surface area contributed by atoms with Gasteiger partial charge in [-0.25, -0.2) is 9.97 Å². The number of hydrogen-bond donors (Lipinski definition) is 1. The molecule has 1 aromatic heterocycles.